The number of aromatic carboxylic acids is 1. The third-order valence-electron chi connectivity index (χ3n) is 4.97. The van der Waals surface area contributed by atoms with Gasteiger partial charge in [-0.2, -0.15) is 0 Å². The molecule has 0 fully saturated rings. The lowest BCUT2D eigenvalue weighted by atomic mass is 9.98. The highest BCUT2D eigenvalue weighted by Crippen LogP contribution is 2.44. The molecule has 1 amide bonds. The summed E-state index contributed by atoms with van der Waals surface area (Å²) >= 11 is 0. The molecule has 2 aromatic carbocycles. The molecule has 0 saturated heterocycles. The first-order valence-electron chi connectivity index (χ1n) is 9.51. The number of halogens is 1. The molecule has 0 aliphatic heterocycles. The van der Waals surface area contributed by atoms with Crippen LogP contribution in [0.15, 0.2) is 60.8 Å². The van der Waals surface area contributed by atoms with E-state index in [9.17, 15) is 14.0 Å². The Morgan fingerprint density at radius 3 is 2.39 bits per heavy atom. The molecule has 0 radical (unpaired) electrons. The molecule has 31 heavy (non-hydrogen) atoms. The predicted octanol–water partition coefficient (Wildman–Crippen LogP) is 3.81. The van der Waals surface area contributed by atoms with Gasteiger partial charge in [0.25, 0.3) is 0 Å². The largest absolute Gasteiger partial charge is 0.478 e. The highest BCUT2D eigenvalue weighted by Gasteiger charge is 2.28. The van der Waals surface area contributed by atoms with E-state index in [0.717, 1.165) is 34.5 Å². The van der Waals surface area contributed by atoms with E-state index in [1.54, 1.807) is 0 Å². The topological polar surface area (TPSA) is 88.5 Å². The van der Waals surface area contributed by atoms with Crippen LogP contribution in [0, 0.1) is 17.7 Å². The SMILES string of the molecule is O=C(NCC#Cc1cc(C(=O)O)c(F)cn1)OCC1c2ccccc2-c2ccccc21. The zero-order chi connectivity index (χ0) is 21.8. The molecule has 0 spiro atoms. The lowest BCUT2D eigenvalue weighted by molar-refractivity contribution is 0.0691. The quantitative estimate of drug-likeness (QED) is 0.632. The molecule has 1 aliphatic carbocycles. The van der Waals surface area contributed by atoms with Crippen molar-refractivity contribution >= 4 is 12.1 Å². The fourth-order valence-corrected chi connectivity index (χ4v) is 3.57. The van der Waals surface area contributed by atoms with Gasteiger partial charge in [0.15, 0.2) is 5.82 Å². The third kappa shape index (κ3) is 4.23. The van der Waals surface area contributed by atoms with E-state index in [1.165, 1.54) is 0 Å². The first-order valence-corrected chi connectivity index (χ1v) is 9.51. The fraction of sp³-hybridized carbons (Fsp3) is 0.125. The summed E-state index contributed by atoms with van der Waals surface area (Å²) in [6.45, 7) is 0.160. The molecule has 6 nitrogen and oxygen atoms in total. The average Bonchev–Trinajstić information content (AvgIpc) is 3.10. The Labute approximate surface area is 177 Å². The highest BCUT2D eigenvalue weighted by atomic mass is 19.1. The minimum atomic E-state index is -1.40. The summed E-state index contributed by atoms with van der Waals surface area (Å²) in [6.07, 6.45) is 0.182. The van der Waals surface area contributed by atoms with Gasteiger partial charge in [-0.15, -0.1) is 0 Å². The summed E-state index contributed by atoms with van der Waals surface area (Å²) in [5, 5.41) is 11.4. The maximum atomic E-state index is 13.3. The van der Waals surface area contributed by atoms with Crippen molar-refractivity contribution in [3.05, 3.63) is 89.0 Å². The third-order valence-corrected chi connectivity index (χ3v) is 4.97. The molecule has 4 rings (SSSR count). The van der Waals surface area contributed by atoms with Gasteiger partial charge < -0.3 is 15.2 Å². The summed E-state index contributed by atoms with van der Waals surface area (Å²) in [4.78, 5) is 26.7. The molecule has 1 heterocycles. The molecule has 154 valence electrons. The number of ether oxygens (including phenoxy) is 1. The number of amides is 1. The maximum Gasteiger partial charge on any atom is 0.407 e. The number of rotatable bonds is 4. The summed E-state index contributed by atoms with van der Waals surface area (Å²) in [7, 11) is 0. The number of hydrogen-bond acceptors (Lipinski definition) is 4. The first-order chi connectivity index (χ1) is 15.0. The zero-order valence-corrected chi connectivity index (χ0v) is 16.3. The smallest absolute Gasteiger partial charge is 0.407 e. The Bertz CT molecular complexity index is 1180. The van der Waals surface area contributed by atoms with Gasteiger partial charge in [0.1, 0.15) is 12.3 Å². The van der Waals surface area contributed by atoms with E-state index in [0.29, 0.717) is 0 Å². The van der Waals surface area contributed by atoms with Crippen molar-refractivity contribution in [3.63, 3.8) is 0 Å². The summed E-state index contributed by atoms with van der Waals surface area (Å²) < 4.78 is 18.7. The van der Waals surface area contributed by atoms with Crippen LogP contribution in [0.3, 0.4) is 0 Å². The minimum absolute atomic E-state index is 0.0296. The van der Waals surface area contributed by atoms with E-state index in [-0.39, 0.29) is 24.8 Å². The average molecular weight is 416 g/mol. The zero-order valence-electron chi connectivity index (χ0n) is 16.3. The van der Waals surface area contributed by atoms with Gasteiger partial charge in [-0.05, 0) is 34.2 Å². The molecule has 3 aromatic rings. The van der Waals surface area contributed by atoms with Crippen LogP contribution in [0.5, 0.6) is 0 Å². The molecule has 1 aromatic heterocycles. The normalized spacial score (nSPS) is 11.6. The molecule has 0 atom stereocenters. The second kappa shape index (κ2) is 8.67. The molecular weight excluding hydrogens is 399 g/mol. The van der Waals surface area contributed by atoms with E-state index in [1.807, 2.05) is 36.4 Å². The number of nitrogens with zero attached hydrogens (tertiary/aromatic N) is 1. The number of alkyl carbamates (subject to hydrolysis) is 1. The van der Waals surface area contributed by atoms with Crippen molar-refractivity contribution in [2.24, 2.45) is 0 Å². The van der Waals surface area contributed by atoms with Crippen LogP contribution in [-0.2, 0) is 4.74 Å². The summed E-state index contributed by atoms with van der Waals surface area (Å²) in [5.41, 5.74) is 4.11. The maximum absolute atomic E-state index is 13.3. The van der Waals surface area contributed by atoms with Crippen molar-refractivity contribution in [2.75, 3.05) is 13.2 Å². The molecular formula is C24H17FN2O4. The number of hydrogen-bond donors (Lipinski definition) is 2. The Kier molecular flexibility index (Phi) is 5.63. The second-order valence-electron chi connectivity index (χ2n) is 6.84. The second-order valence-corrected chi connectivity index (χ2v) is 6.84. The lowest BCUT2D eigenvalue weighted by Crippen LogP contribution is -2.26. The number of aromatic nitrogens is 1. The van der Waals surface area contributed by atoms with Crippen molar-refractivity contribution in [3.8, 4) is 23.0 Å². The highest BCUT2D eigenvalue weighted by molar-refractivity contribution is 5.88. The van der Waals surface area contributed by atoms with Gasteiger partial charge in [0.2, 0.25) is 0 Å². The van der Waals surface area contributed by atoms with E-state index < -0.39 is 23.4 Å². The van der Waals surface area contributed by atoms with Crippen LogP contribution < -0.4 is 5.32 Å². The molecule has 2 N–H and O–H groups in total. The van der Waals surface area contributed by atoms with Crippen LogP contribution in [0.25, 0.3) is 11.1 Å². The van der Waals surface area contributed by atoms with Gasteiger partial charge in [-0.25, -0.2) is 19.0 Å². The number of nitrogens with one attached hydrogen (secondary N) is 1. The summed E-state index contributed by atoms with van der Waals surface area (Å²) in [5.74, 6) is 2.84. The minimum Gasteiger partial charge on any atom is -0.478 e. The van der Waals surface area contributed by atoms with Crippen molar-refractivity contribution < 1.29 is 23.8 Å². The Hall–Kier alpha value is -4.18. The number of benzene rings is 2. The van der Waals surface area contributed by atoms with E-state index in [4.69, 9.17) is 9.84 Å². The molecule has 1 aliphatic rings. The van der Waals surface area contributed by atoms with Crippen LogP contribution in [0.1, 0.15) is 33.1 Å². The molecule has 7 heteroatoms. The number of fused-ring (bicyclic) bond motifs is 3. The summed E-state index contributed by atoms with van der Waals surface area (Å²) in [6, 6.07) is 17.1. The van der Waals surface area contributed by atoms with E-state index in [2.05, 4.69) is 34.3 Å². The Morgan fingerprint density at radius 1 is 1.10 bits per heavy atom. The standard InChI is InChI=1S/C24H17FN2O4/c25-22-13-27-15(12-20(22)23(28)29)6-5-11-26-24(30)31-14-21-18-9-3-1-7-16(18)17-8-2-4-10-19(17)21/h1-4,7-10,12-13,21H,11,14H2,(H,26,30)(H,28,29). The van der Waals surface area contributed by atoms with Gasteiger partial charge in [0, 0.05) is 5.92 Å². The van der Waals surface area contributed by atoms with E-state index >= 15 is 0 Å². The fourth-order valence-electron chi connectivity index (χ4n) is 3.57. The van der Waals surface area contributed by atoms with Crippen molar-refractivity contribution in [1.29, 1.82) is 0 Å². The number of carboxylic acids is 1. The van der Waals surface area contributed by atoms with Crippen LogP contribution in [0.2, 0.25) is 0 Å². The van der Waals surface area contributed by atoms with Gasteiger partial charge in [-0.1, -0.05) is 54.5 Å². The molecule has 0 unspecified atom stereocenters. The first kappa shape index (κ1) is 20.1. The van der Waals surface area contributed by atoms with Crippen molar-refractivity contribution in [1.82, 2.24) is 10.3 Å². The van der Waals surface area contributed by atoms with Crippen molar-refractivity contribution in [2.45, 2.75) is 5.92 Å². The number of carboxylic acid groups (broad SMARTS) is 1. The Morgan fingerprint density at radius 2 is 1.74 bits per heavy atom. The van der Waals surface area contributed by atoms with Crippen LogP contribution >= 0.6 is 0 Å². The lowest BCUT2D eigenvalue weighted by Gasteiger charge is -2.14. The Balaban J connectivity index is 1.35. The molecule has 0 bridgehead atoms. The predicted molar refractivity (Wildman–Crippen MR) is 111 cm³/mol. The van der Waals surface area contributed by atoms with Gasteiger partial charge in [0.05, 0.1) is 18.3 Å². The molecule has 0 saturated carbocycles. The monoisotopic (exact) mass is 416 g/mol. The number of pyridine rings is 1. The van der Waals surface area contributed by atoms with Crippen LogP contribution in [-0.4, -0.2) is 35.3 Å². The number of carbonyl (C=O) groups is 2. The van der Waals surface area contributed by atoms with Gasteiger partial charge in [-0.3, -0.25) is 0 Å². The van der Waals surface area contributed by atoms with Crippen LogP contribution in [0.4, 0.5) is 9.18 Å². The van der Waals surface area contributed by atoms with Gasteiger partial charge >= 0.3 is 12.1 Å². The number of carbonyl (C=O) groups excluding carboxylic acids is 1.